The average Bonchev–Trinajstić information content (AvgIpc) is 3.50. The maximum atomic E-state index is 12.6. The van der Waals surface area contributed by atoms with Gasteiger partial charge >= 0.3 is 6.72 Å². The molecule has 5 rings (SSSR count). The Morgan fingerprint density at radius 2 is 2.09 bits per heavy atom. The fraction of sp³-hybridized carbons (Fsp3) is 0.350. The van der Waals surface area contributed by atoms with E-state index >= 15 is 0 Å². The van der Waals surface area contributed by atoms with E-state index in [4.69, 9.17) is 10.5 Å². The molecule has 5 atom stereocenters. The first-order valence-electron chi connectivity index (χ1n) is 10.7. The number of benzene rings is 1. The zero-order valence-corrected chi connectivity index (χ0v) is 19.9. The lowest BCUT2D eigenvalue weighted by atomic mass is 10.1. The van der Waals surface area contributed by atoms with Gasteiger partial charge in [0.1, 0.15) is 12.2 Å². The third-order valence-corrected chi connectivity index (χ3v) is 9.19. The van der Waals surface area contributed by atoms with Gasteiger partial charge in [-0.1, -0.05) is 29.6 Å². The second kappa shape index (κ2) is 9.39. The number of H-pyrrole nitrogens is 2. The number of nitrogen functional groups attached to an aromatic ring is 1. The van der Waals surface area contributed by atoms with E-state index in [1.165, 1.54) is 10.9 Å². The number of anilines is 1. The fourth-order valence-corrected chi connectivity index (χ4v) is 6.82. The number of nitrogens with one attached hydrogen (secondary N) is 3. The molecule has 0 bridgehead atoms. The highest BCUT2D eigenvalue weighted by atomic mass is 32.7. The Balaban J connectivity index is 1.20. The molecule has 0 amide bonds. The minimum atomic E-state index is -3.81. The molecule has 1 aromatic carbocycles. The highest BCUT2D eigenvalue weighted by Gasteiger charge is 2.45. The van der Waals surface area contributed by atoms with Crippen molar-refractivity contribution >= 4 is 46.1 Å². The molecule has 1 fully saturated rings. The number of aromatic nitrogens is 5. The summed E-state index contributed by atoms with van der Waals surface area (Å²) in [6, 6.07) is 7.81. The van der Waals surface area contributed by atoms with Crippen LogP contribution in [0.5, 0.6) is 0 Å². The molecule has 1 aliphatic rings. The molecule has 15 heteroatoms. The Morgan fingerprint density at radius 3 is 2.91 bits per heavy atom. The first-order valence-corrected chi connectivity index (χ1v) is 14.0. The zero-order chi connectivity index (χ0) is 24.7. The molecule has 0 saturated carbocycles. The van der Waals surface area contributed by atoms with Crippen molar-refractivity contribution in [3.8, 4) is 0 Å². The molecule has 8 N–H and O–H groups in total. The first kappa shape index (κ1) is 24.0. The van der Waals surface area contributed by atoms with E-state index in [0.29, 0.717) is 17.8 Å². The van der Waals surface area contributed by atoms with Crippen molar-refractivity contribution in [3.05, 3.63) is 52.7 Å². The monoisotopic (exact) mass is 521 g/mol. The number of hydrogen-bond acceptors (Lipinski definition) is 9. The second-order valence-electron chi connectivity index (χ2n) is 8.16. The van der Waals surface area contributed by atoms with E-state index in [9.17, 15) is 24.5 Å². The zero-order valence-electron chi connectivity index (χ0n) is 18.2. The summed E-state index contributed by atoms with van der Waals surface area (Å²) in [4.78, 5) is 35.9. The van der Waals surface area contributed by atoms with E-state index in [1.54, 1.807) is 0 Å². The van der Waals surface area contributed by atoms with Gasteiger partial charge in [0.2, 0.25) is 5.95 Å². The lowest BCUT2D eigenvalue weighted by Crippen LogP contribution is -2.32. The highest BCUT2D eigenvalue weighted by molar-refractivity contribution is 8.55. The summed E-state index contributed by atoms with van der Waals surface area (Å²) in [5.74, 6) is -0.199. The van der Waals surface area contributed by atoms with Crippen LogP contribution in [0.15, 0.2) is 41.6 Å². The molecule has 13 nitrogen and oxygen atoms in total. The number of nitrogens with two attached hydrogens (primary N) is 1. The Hall–Kier alpha value is -2.71. The molecule has 4 heterocycles. The van der Waals surface area contributed by atoms with Crippen molar-refractivity contribution in [1.82, 2.24) is 29.6 Å². The molecule has 5 unspecified atom stereocenters. The van der Waals surface area contributed by atoms with Crippen LogP contribution in [-0.4, -0.2) is 70.2 Å². The summed E-state index contributed by atoms with van der Waals surface area (Å²) in [7, 11) is 0. The minimum Gasteiger partial charge on any atom is -0.387 e. The van der Waals surface area contributed by atoms with Gasteiger partial charge in [0.25, 0.3) is 5.56 Å². The molecule has 1 saturated heterocycles. The average molecular weight is 521 g/mol. The molecule has 4 aromatic rings. The van der Waals surface area contributed by atoms with Crippen LogP contribution in [0.3, 0.4) is 0 Å². The van der Waals surface area contributed by atoms with Gasteiger partial charge in [0.05, 0.1) is 12.4 Å². The van der Waals surface area contributed by atoms with Gasteiger partial charge in [0, 0.05) is 29.4 Å². The molecule has 186 valence electrons. The topological polar surface area (TPSA) is 204 Å². The summed E-state index contributed by atoms with van der Waals surface area (Å²) in [6.45, 7) is -3.54. The predicted octanol–water partition coefficient (Wildman–Crippen LogP) is 0.468. The Labute approximate surface area is 202 Å². The molecule has 1 aliphatic heterocycles. The van der Waals surface area contributed by atoms with Crippen molar-refractivity contribution in [2.45, 2.75) is 31.0 Å². The summed E-state index contributed by atoms with van der Waals surface area (Å²) >= 11 is 0.711. The van der Waals surface area contributed by atoms with E-state index in [1.807, 2.05) is 30.5 Å². The Kier molecular flexibility index (Phi) is 6.44. The number of rotatable bonds is 8. The quantitative estimate of drug-likeness (QED) is 0.159. The standard InChI is InChI=1S/C20H24N7O6PS/c21-20-25-17-14(18(30)26-20)23-9-27(17)19-16(29)15(28)13(33-19)8-35-34(31,32)24-6-5-10-7-22-12-4-2-1-3-11(10)12/h1-4,7,9,13,15-16,19,22,28-29H,5-6,8H2,(H2,24,31,32)(H3,21,25,26,30). The maximum Gasteiger partial charge on any atom is 0.324 e. The number of nitrogens with zero attached hydrogens (tertiary/aromatic N) is 3. The number of fused-ring (bicyclic) bond motifs is 2. The number of aromatic amines is 2. The molecule has 0 aliphatic carbocycles. The van der Waals surface area contributed by atoms with Crippen molar-refractivity contribution in [3.63, 3.8) is 0 Å². The van der Waals surface area contributed by atoms with Gasteiger partial charge in [-0.3, -0.25) is 18.9 Å². The van der Waals surface area contributed by atoms with E-state index in [2.05, 4.69) is 25.0 Å². The van der Waals surface area contributed by atoms with Crippen LogP contribution in [0.2, 0.25) is 0 Å². The van der Waals surface area contributed by atoms with Gasteiger partial charge in [-0.05, 0) is 18.1 Å². The first-order chi connectivity index (χ1) is 16.7. The lowest BCUT2D eigenvalue weighted by molar-refractivity contribution is -0.0288. The largest absolute Gasteiger partial charge is 0.387 e. The Morgan fingerprint density at radius 1 is 1.29 bits per heavy atom. The van der Waals surface area contributed by atoms with Gasteiger partial charge in [-0.2, -0.15) is 4.98 Å². The SMILES string of the molecule is Nc1nc2c(ncn2C2OC(CSP(=O)(O)NCCc3c[nH]c4ccccc34)C(O)C2O)c(=O)[nH]1. The number of aliphatic hydroxyl groups is 2. The van der Waals surface area contributed by atoms with Crippen LogP contribution in [0.1, 0.15) is 11.8 Å². The van der Waals surface area contributed by atoms with Crippen LogP contribution in [-0.2, 0) is 15.7 Å². The number of imidazole rings is 1. The molecule has 3 aromatic heterocycles. The number of ether oxygens (including phenoxy) is 1. The second-order valence-corrected chi connectivity index (χ2v) is 12.4. The van der Waals surface area contributed by atoms with Gasteiger partial charge in [-0.15, -0.1) is 0 Å². The van der Waals surface area contributed by atoms with Crippen LogP contribution >= 0.6 is 18.1 Å². The van der Waals surface area contributed by atoms with Crippen LogP contribution in [0.4, 0.5) is 5.95 Å². The minimum absolute atomic E-state index is 0.00146. The predicted molar refractivity (Wildman–Crippen MR) is 131 cm³/mol. The number of para-hydroxylation sites is 1. The molecule has 0 radical (unpaired) electrons. The Bertz CT molecular complexity index is 1470. The summed E-state index contributed by atoms with van der Waals surface area (Å²) in [5.41, 5.74) is 7.17. The van der Waals surface area contributed by atoms with E-state index in [0.717, 1.165) is 16.5 Å². The van der Waals surface area contributed by atoms with Crippen LogP contribution < -0.4 is 16.4 Å². The summed E-state index contributed by atoms with van der Waals surface area (Å²) in [5, 5.41) is 24.7. The maximum absolute atomic E-state index is 12.6. The number of aliphatic hydroxyl groups excluding tert-OH is 2. The summed E-state index contributed by atoms with van der Waals surface area (Å²) < 4.78 is 19.7. The fourth-order valence-electron chi connectivity index (χ4n) is 4.12. The van der Waals surface area contributed by atoms with Crippen LogP contribution in [0.25, 0.3) is 22.1 Å². The molecule has 35 heavy (non-hydrogen) atoms. The van der Waals surface area contributed by atoms with E-state index in [-0.39, 0.29) is 29.4 Å². The summed E-state index contributed by atoms with van der Waals surface area (Å²) in [6.07, 6.45) is -1.10. The van der Waals surface area contributed by atoms with Crippen molar-refractivity contribution in [2.24, 2.45) is 0 Å². The number of hydrogen-bond donors (Lipinski definition) is 7. The molecule has 0 spiro atoms. The molecular formula is C20H24N7O6PS. The molecular weight excluding hydrogens is 497 g/mol. The lowest BCUT2D eigenvalue weighted by Gasteiger charge is -2.17. The highest BCUT2D eigenvalue weighted by Crippen LogP contribution is 2.51. The normalized spacial score (nSPS) is 24.3. The van der Waals surface area contributed by atoms with Crippen molar-refractivity contribution < 1.29 is 24.4 Å². The van der Waals surface area contributed by atoms with Gasteiger partial charge in [-0.25, -0.2) is 10.1 Å². The van der Waals surface area contributed by atoms with Crippen molar-refractivity contribution in [2.75, 3.05) is 18.0 Å². The third kappa shape index (κ3) is 4.74. The van der Waals surface area contributed by atoms with Gasteiger partial charge in [0.15, 0.2) is 17.4 Å². The smallest absolute Gasteiger partial charge is 0.324 e. The van der Waals surface area contributed by atoms with E-state index < -0.39 is 36.8 Å². The van der Waals surface area contributed by atoms with Gasteiger partial charge < -0.3 is 30.6 Å². The van der Waals surface area contributed by atoms with Crippen LogP contribution in [0, 0.1) is 0 Å². The third-order valence-electron chi connectivity index (χ3n) is 5.86. The van der Waals surface area contributed by atoms with Crippen molar-refractivity contribution in [1.29, 1.82) is 0 Å².